The molecule has 0 radical (unpaired) electrons. The van der Waals surface area contributed by atoms with Crippen LogP contribution in [0.3, 0.4) is 0 Å². The first kappa shape index (κ1) is 24.5. The molecule has 1 fully saturated rings. The summed E-state index contributed by atoms with van der Waals surface area (Å²) in [6.07, 6.45) is 0.972. The van der Waals surface area contributed by atoms with Gasteiger partial charge in [-0.15, -0.1) is 11.3 Å². The molecule has 3 aromatic rings. The maximum atomic E-state index is 12.9. The maximum absolute atomic E-state index is 12.9. The van der Waals surface area contributed by atoms with E-state index < -0.39 is 10.0 Å². The number of thiazole rings is 1. The molecular formula is C25H29N3O4S2. The third kappa shape index (κ3) is 5.72. The molecule has 0 bridgehead atoms. The summed E-state index contributed by atoms with van der Waals surface area (Å²) in [5.41, 5.74) is 4.39. The van der Waals surface area contributed by atoms with Gasteiger partial charge in [-0.2, -0.15) is 4.31 Å². The van der Waals surface area contributed by atoms with Crippen molar-refractivity contribution in [1.29, 1.82) is 0 Å². The third-order valence-corrected chi connectivity index (χ3v) is 8.90. The highest BCUT2D eigenvalue weighted by molar-refractivity contribution is 7.88. The summed E-state index contributed by atoms with van der Waals surface area (Å²) >= 11 is 1.36. The number of morpholine rings is 1. The Morgan fingerprint density at radius 2 is 1.76 bits per heavy atom. The van der Waals surface area contributed by atoms with Crippen molar-refractivity contribution in [2.75, 3.05) is 26.3 Å². The lowest BCUT2D eigenvalue weighted by molar-refractivity contribution is 0.0729. The number of carbonyl (C=O) groups excluding carboxylic acids is 1. The number of nitrogens with zero attached hydrogens (tertiary/aromatic N) is 2. The van der Waals surface area contributed by atoms with Crippen LogP contribution in [0.15, 0.2) is 48.5 Å². The Morgan fingerprint density at radius 1 is 1.09 bits per heavy atom. The van der Waals surface area contributed by atoms with Crippen LogP contribution in [-0.4, -0.2) is 49.9 Å². The Kier molecular flexibility index (Phi) is 7.77. The van der Waals surface area contributed by atoms with Crippen LogP contribution in [0.1, 0.15) is 39.0 Å². The molecule has 0 aliphatic carbocycles. The lowest BCUT2D eigenvalue weighted by atomic mass is 10.1. The van der Waals surface area contributed by atoms with E-state index in [0.29, 0.717) is 42.4 Å². The Morgan fingerprint density at radius 3 is 2.44 bits per heavy atom. The van der Waals surface area contributed by atoms with E-state index in [4.69, 9.17) is 4.74 Å². The molecule has 0 saturated carbocycles. The van der Waals surface area contributed by atoms with Crippen LogP contribution in [0.4, 0.5) is 0 Å². The zero-order valence-corrected chi connectivity index (χ0v) is 21.0. The van der Waals surface area contributed by atoms with E-state index in [1.54, 1.807) is 6.07 Å². The number of carbonyl (C=O) groups is 1. The van der Waals surface area contributed by atoms with Crippen LogP contribution >= 0.6 is 11.3 Å². The van der Waals surface area contributed by atoms with Gasteiger partial charge in [-0.25, -0.2) is 13.4 Å². The SMILES string of the molecule is CCc1ccc(-c2nc(C)c(C(=O)NCc3ccccc3CS(=O)(=O)N3CCOCC3)s2)cc1. The van der Waals surface area contributed by atoms with Gasteiger partial charge in [-0.1, -0.05) is 55.5 Å². The van der Waals surface area contributed by atoms with E-state index in [1.165, 1.54) is 21.2 Å². The van der Waals surface area contributed by atoms with Gasteiger partial charge in [0.1, 0.15) is 9.88 Å². The van der Waals surface area contributed by atoms with Gasteiger partial charge in [0.25, 0.3) is 5.91 Å². The third-order valence-electron chi connectivity index (χ3n) is 5.87. The largest absolute Gasteiger partial charge is 0.379 e. The molecule has 2 heterocycles. The monoisotopic (exact) mass is 499 g/mol. The number of amides is 1. The molecule has 4 rings (SSSR count). The molecule has 9 heteroatoms. The van der Waals surface area contributed by atoms with Gasteiger partial charge < -0.3 is 10.1 Å². The van der Waals surface area contributed by atoms with Crippen molar-refractivity contribution >= 4 is 27.3 Å². The molecule has 0 spiro atoms. The van der Waals surface area contributed by atoms with E-state index in [2.05, 4.69) is 29.4 Å². The minimum atomic E-state index is -3.46. The Bertz CT molecular complexity index is 1250. The molecule has 1 aliphatic rings. The molecule has 0 unspecified atom stereocenters. The summed E-state index contributed by atoms with van der Waals surface area (Å²) in [5, 5.41) is 3.76. The van der Waals surface area contributed by atoms with Crippen LogP contribution in [0.5, 0.6) is 0 Å². The van der Waals surface area contributed by atoms with Gasteiger partial charge in [0.05, 0.1) is 24.7 Å². The van der Waals surface area contributed by atoms with Crippen molar-refractivity contribution in [3.8, 4) is 10.6 Å². The second-order valence-corrected chi connectivity index (χ2v) is 11.2. The molecule has 1 aliphatic heterocycles. The summed E-state index contributed by atoms with van der Waals surface area (Å²) < 4.78 is 32.5. The predicted octanol–water partition coefficient (Wildman–Crippen LogP) is 3.77. The van der Waals surface area contributed by atoms with E-state index in [1.807, 2.05) is 37.3 Å². The van der Waals surface area contributed by atoms with Gasteiger partial charge in [0, 0.05) is 25.2 Å². The van der Waals surface area contributed by atoms with Crippen LogP contribution in [-0.2, 0) is 33.5 Å². The van der Waals surface area contributed by atoms with Crippen molar-refractivity contribution in [3.05, 3.63) is 75.8 Å². The van der Waals surface area contributed by atoms with E-state index in [9.17, 15) is 13.2 Å². The van der Waals surface area contributed by atoms with Gasteiger partial charge in [0.15, 0.2) is 0 Å². The Balaban J connectivity index is 1.45. The van der Waals surface area contributed by atoms with Gasteiger partial charge in [-0.05, 0) is 30.0 Å². The number of hydrogen-bond acceptors (Lipinski definition) is 6. The highest BCUT2D eigenvalue weighted by atomic mass is 32.2. The number of ether oxygens (including phenoxy) is 1. The maximum Gasteiger partial charge on any atom is 0.263 e. The summed E-state index contributed by atoms with van der Waals surface area (Å²) in [4.78, 5) is 18.1. The number of rotatable bonds is 8. The molecule has 7 nitrogen and oxygen atoms in total. The number of aryl methyl sites for hydroxylation is 2. The van der Waals surface area contributed by atoms with Crippen molar-refractivity contribution in [1.82, 2.24) is 14.6 Å². The van der Waals surface area contributed by atoms with Gasteiger partial charge in [-0.3, -0.25) is 4.79 Å². The van der Waals surface area contributed by atoms with Crippen molar-refractivity contribution in [3.63, 3.8) is 0 Å². The highest BCUT2D eigenvalue weighted by Crippen LogP contribution is 2.28. The fourth-order valence-electron chi connectivity index (χ4n) is 3.85. The first-order chi connectivity index (χ1) is 16.4. The minimum Gasteiger partial charge on any atom is -0.379 e. The number of aromatic nitrogens is 1. The second kappa shape index (κ2) is 10.8. The van der Waals surface area contributed by atoms with Crippen molar-refractivity contribution in [2.45, 2.75) is 32.6 Å². The van der Waals surface area contributed by atoms with Crippen LogP contribution in [0.25, 0.3) is 10.6 Å². The molecule has 1 aromatic heterocycles. The fraction of sp³-hybridized carbons (Fsp3) is 0.360. The van der Waals surface area contributed by atoms with Crippen LogP contribution < -0.4 is 5.32 Å². The molecule has 1 N–H and O–H groups in total. The number of nitrogens with one attached hydrogen (secondary N) is 1. The van der Waals surface area contributed by atoms with E-state index >= 15 is 0 Å². The Hall–Kier alpha value is -2.59. The number of hydrogen-bond donors (Lipinski definition) is 1. The normalized spacial score (nSPS) is 14.8. The molecule has 34 heavy (non-hydrogen) atoms. The number of sulfonamides is 1. The summed E-state index contributed by atoms with van der Waals surface area (Å²) in [6, 6.07) is 15.5. The standard InChI is InChI=1S/C25H29N3O4S2/c1-3-19-8-10-20(11-9-19)25-27-18(2)23(33-25)24(29)26-16-21-6-4-5-7-22(21)17-34(30,31)28-12-14-32-15-13-28/h4-11H,3,12-17H2,1-2H3,(H,26,29). The molecule has 1 amide bonds. The van der Waals surface area contributed by atoms with Crippen LogP contribution in [0, 0.1) is 6.92 Å². The lowest BCUT2D eigenvalue weighted by Crippen LogP contribution is -2.41. The van der Waals surface area contributed by atoms with Crippen LogP contribution in [0.2, 0.25) is 0 Å². The zero-order valence-electron chi connectivity index (χ0n) is 19.4. The predicted molar refractivity (Wildman–Crippen MR) is 134 cm³/mol. The van der Waals surface area contributed by atoms with E-state index in [0.717, 1.165) is 22.6 Å². The molecule has 2 aromatic carbocycles. The molecular weight excluding hydrogens is 470 g/mol. The van der Waals surface area contributed by atoms with Crippen molar-refractivity contribution < 1.29 is 17.9 Å². The van der Waals surface area contributed by atoms with E-state index in [-0.39, 0.29) is 18.2 Å². The summed E-state index contributed by atoms with van der Waals surface area (Å²) in [7, 11) is -3.46. The minimum absolute atomic E-state index is 0.101. The first-order valence-electron chi connectivity index (χ1n) is 11.3. The van der Waals surface area contributed by atoms with Gasteiger partial charge in [0.2, 0.25) is 10.0 Å². The smallest absolute Gasteiger partial charge is 0.263 e. The Labute approximate surface area is 204 Å². The highest BCUT2D eigenvalue weighted by Gasteiger charge is 2.25. The van der Waals surface area contributed by atoms with Gasteiger partial charge >= 0.3 is 0 Å². The quantitative estimate of drug-likeness (QED) is 0.510. The summed E-state index contributed by atoms with van der Waals surface area (Å²) in [5.74, 6) is -0.312. The lowest BCUT2D eigenvalue weighted by Gasteiger charge is -2.26. The second-order valence-electron chi connectivity index (χ2n) is 8.20. The number of benzene rings is 2. The zero-order chi connectivity index (χ0) is 24.1. The van der Waals surface area contributed by atoms with Crippen molar-refractivity contribution in [2.24, 2.45) is 0 Å². The fourth-order valence-corrected chi connectivity index (χ4v) is 6.40. The summed E-state index contributed by atoms with van der Waals surface area (Å²) in [6.45, 7) is 5.75. The average Bonchev–Trinajstić information content (AvgIpc) is 3.25. The molecule has 1 saturated heterocycles. The topological polar surface area (TPSA) is 88.6 Å². The molecule has 0 atom stereocenters. The first-order valence-corrected chi connectivity index (χ1v) is 13.8. The molecule has 180 valence electrons. The average molecular weight is 500 g/mol.